The fraction of sp³-hybridized carbons (Fsp3) is 0.714. The van der Waals surface area contributed by atoms with Crippen molar-refractivity contribution in [2.24, 2.45) is 10.8 Å². The summed E-state index contributed by atoms with van der Waals surface area (Å²) < 4.78 is 0. The van der Waals surface area contributed by atoms with E-state index in [0.717, 1.165) is 16.3 Å². The average Bonchev–Trinajstić information content (AvgIpc) is 2.40. The first kappa shape index (κ1) is 14.4. The van der Waals surface area contributed by atoms with Crippen LogP contribution in [0.15, 0.2) is 0 Å². The molecule has 17 heavy (non-hydrogen) atoms. The highest BCUT2D eigenvalue weighted by molar-refractivity contribution is 7.11. The van der Waals surface area contributed by atoms with E-state index in [1.807, 2.05) is 27.7 Å². The zero-order chi connectivity index (χ0) is 13.4. The van der Waals surface area contributed by atoms with Crippen molar-refractivity contribution in [1.29, 1.82) is 0 Å². The summed E-state index contributed by atoms with van der Waals surface area (Å²) in [6.07, 6.45) is 0.927. The lowest BCUT2D eigenvalue weighted by Gasteiger charge is -2.16. The lowest BCUT2D eigenvalue weighted by atomic mass is 9.88. The van der Waals surface area contributed by atoms with E-state index in [0.29, 0.717) is 5.69 Å². The number of rotatable bonds is 2. The number of aryl methyl sites for hydroxylation is 1. The Morgan fingerprint density at radius 1 is 1.18 bits per heavy atom. The molecule has 0 radical (unpaired) electrons. The van der Waals surface area contributed by atoms with Crippen LogP contribution in [0.4, 0.5) is 0 Å². The van der Waals surface area contributed by atoms with Gasteiger partial charge in [-0.25, -0.2) is 4.98 Å². The maximum Gasteiger partial charge on any atom is 0.187 e. The van der Waals surface area contributed by atoms with Gasteiger partial charge in [0.1, 0.15) is 5.69 Å². The number of ketones is 1. The SMILES string of the molecule is Cc1sc(CC(C)(C)C)nc1C(=O)C(C)(C)C. The van der Waals surface area contributed by atoms with Gasteiger partial charge in [0, 0.05) is 16.7 Å². The molecule has 0 saturated heterocycles. The van der Waals surface area contributed by atoms with Gasteiger partial charge < -0.3 is 0 Å². The lowest BCUT2D eigenvalue weighted by Crippen LogP contribution is -2.21. The molecule has 0 aliphatic heterocycles. The molecule has 1 rings (SSSR count). The topological polar surface area (TPSA) is 30.0 Å². The average molecular weight is 253 g/mol. The molecular weight excluding hydrogens is 230 g/mol. The monoisotopic (exact) mass is 253 g/mol. The molecule has 0 saturated carbocycles. The predicted molar refractivity (Wildman–Crippen MR) is 73.8 cm³/mol. The van der Waals surface area contributed by atoms with E-state index in [-0.39, 0.29) is 16.6 Å². The van der Waals surface area contributed by atoms with E-state index in [1.165, 1.54) is 0 Å². The number of hydrogen-bond acceptors (Lipinski definition) is 3. The van der Waals surface area contributed by atoms with E-state index in [1.54, 1.807) is 11.3 Å². The van der Waals surface area contributed by atoms with Crippen LogP contribution in [-0.4, -0.2) is 10.8 Å². The summed E-state index contributed by atoms with van der Waals surface area (Å²) in [5, 5.41) is 1.07. The molecule has 0 amide bonds. The Bertz CT molecular complexity index is 418. The summed E-state index contributed by atoms with van der Waals surface area (Å²) in [6, 6.07) is 0. The normalized spacial score (nSPS) is 12.9. The highest BCUT2D eigenvalue weighted by Crippen LogP contribution is 2.29. The largest absolute Gasteiger partial charge is 0.292 e. The molecule has 0 spiro atoms. The van der Waals surface area contributed by atoms with Gasteiger partial charge in [-0.1, -0.05) is 41.5 Å². The Labute approximate surface area is 108 Å². The Morgan fingerprint density at radius 3 is 2.12 bits per heavy atom. The van der Waals surface area contributed by atoms with Crippen molar-refractivity contribution in [1.82, 2.24) is 4.98 Å². The Kier molecular flexibility index (Phi) is 3.82. The molecule has 0 atom stereocenters. The minimum absolute atomic E-state index is 0.145. The van der Waals surface area contributed by atoms with Crippen LogP contribution in [0.1, 0.15) is 61.9 Å². The minimum atomic E-state index is -0.349. The molecular formula is C14H23NOS. The number of Topliss-reactive ketones (excluding diaryl/α,β-unsaturated/α-hetero) is 1. The second kappa shape index (κ2) is 4.52. The van der Waals surface area contributed by atoms with Crippen LogP contribution in [0, 0.1) is 17.8 Å². The summed E-state index contributed by atoms with van der Waals surface area (Å²) in [7, 11) is 0. The zero-order valence-corrected chi connectivity index (χ0v) is 12.8. The first-order valence-corrected chi connectivity index (χ1v) is 6.83. The van der Waals surface area contributed by atoms with Crippen molar-refractivity contribution in [3.63, 3.8) is 0 Å². The first-order chi connectivity index (χ1) is 7.50. The van der Waals surface area contributed by atoms with E-state index in [9.17, 15) is 4.79 Å². The van der Waals surface area contributed by atoms with Crippen LogP contribution in [0.25, 0.3) is 0 Å². The molecule has 0 fully saturated rings. The van der Waals surface area contributed by atoms with Gasteiger partial charge in [-0.05, 0) is 12.3 Å². The Balaban J connectivity index is 3.01. The zero-order valence-electron chi connectivity index (χ0n) is 12.0. The fourth-order valence-corrected chi connectivity index (χ4v) is 2.78. The molecule has 0 unspecified atom stereocenters. The Hall–Kier alpha value is -0.700. The van der Waals surface area contributed by atoms with Gasteiger partial charge in [0.05, 0.1) is 5.01 Å². The van der Waals surface area contributed by atoms with E-state index in [2.05, 4.69) is 25.8 Å². The molecule has 2 nitrogen and oxygen atoms in total. The molecule has 0 N–H and O–H groups in total. The van der Waals surface area contributed by atoms with Gasteiger partial charge in [0.15, 0.2) is 5.78 Å². The van der Waals surface area contributed by atoms with Gasteiger partial charge in [-0.2, -0.15) is 0 Å². The number of nitrogens with zero attached hydrogens (tertiary/aromatic N) is 1. The molecule has 0 aliphatic carbocycles. The third-order valence-corrected chi connectivity index (χ3v) is 3.39. The second-order valence-electron chi connectivity index (χ2n) is 6.83. The molecule has 3 heteroatoms. The van der Waals surface area contributed by atoms with Crippen molar-refractivity contribution in [2.75, 3.05) is 0 Å². The minimum Gasteiger partial charge on any atom is -0.292 e. The molecule has 96 valence electrons. The lowest BCUT2D eigenvalue weighted by molar-refractivity contribution is 0.0852. The predicted octanol–water partition coefficient (Wildman–Crippen LogP) is 4.27. The van der Waals surface area contributed by atoms with Crippen LogP contribution in [0.5, 0.6) is 0 Å². The van der Waals surface area contributed by atoms with Crippen LogP contribution in [-0.2, 0) is 6.42 Å². The number of aromatic nitrogens is 1. The summed E-state index contributed by atoms with van der Waals surface area (Å²) in [4.78, 5) is 17.8. The summed E-state index contributed by atoms with van der Waals surface area (Å²) >= 11 is 1.65. The molecule has 1 aromatic heterocycles. The van der Waals surface area contributed by atoms with Gasteiger partial charge in [0.25, 0.3) is 0 Å². The molecule has 1 aromatic rings. The smallest absolute Gasteiger partial charge is 0.187 e. The van der Waals surface area contributed by atoms with Gasteiger partial charge in [-0.3, -0.25) is 4.79 Å². The Morgan fingerprint density at radius 2 is 1.71 bits per heavy atom. The van der Waals surface area contributed by atoms with Gasteiger partial charge in [0.2, 0.25) is 0 Å². The fourth-order valence-electron chi connectivity index (χ4n) is 1.55. The molecule has 0 aromatic carbocycles. The first-order valence-electron chi connectivity index (χ1n) is 6.02. The summed E-state index contributed by atoms with van der Waals surface area (Å²) in [6.45, 7) is 14.4. The highest BCUT2D eigenvalue weighted by Gasteiger charge is 2.27. The van der Waals surface area contributed by atoms with Crippen molar-refractivity contribution >= 4 is 17.1 Å². The quantitative estimate of drug-likeness (QED) is 0.737. The van der Waals surface area contributed by atoms with Crippen LogP contribution < -0.4 is 0 Å². The van der Waals surface area contributed by atoms with E-state index < -0.39 is 0 Å². The maximum absolute atomic E-state index is 12.2. The van der Waals surface area contributed by atoms with Gasteiger partial charge in [-0.15, -0.1) is 11.3 Å². The van der Waals surface area contributed by atoms with E-state index >= 15 is 0 Å². The number of thiazole rings is 1. The number of carbonyl (C=O) groups is 1. The van der Waals surface area contributed by atoms with Crippen molar-refractivity contribution in [3.05, 3.63) is 15.6 Å². The van der Waals surface area contributed by atoms with E-state index in [4.69, 9.17) is 0 Å². The number of carbonyl (C=O) groups excluding carboxylic acids is 1. The van der Waals surface area contributed by atoms with Crippen molar-refractivity contribution in [3.8, 4) is 0 Å². The highest BCUT2D eigenvalue weighted by atomic mass is 32.1. The standard InChI is InChI=1S/C14H23NOS/c1-9-11(12(16)14(5,6)7)15-10(17-9)8-13(2,3)4/h8H2,1-7H3. The van der Waals surface area contributed by atoms with Gasteiger partial charge >= 0.3 is 0 Å². The maximum atomic E-state index is 12.2. The third kappa shape index (κ3) is 3.91. The van der Waals surface area contributed by atoms with Crippen LogP contribution in [0.2, 0.25) is 0 Å². The summed E-state index contributed by atoms with van der Waals surface area (Å²) in [5.41, 5.74) is 0.534. The van der Waals surface area contributed by atoms with Crippen molar-refractivity contribution in [2.45, 2.75) is 54.9 Å². The van der Waals surface area contributed by atoms with Crippen LogP contribution >= 0.6 is 11.3 Å². The molecule has 0 bridgehead atoms. The third-order valence-electron chi connectivity index (χ3n) is 2.42. The number of hydrogen-bond donors (Lipinski definition) is 0. The summed E-state index contributed by atoms with van der Waals surface area (Å²) in [5.74, 6) is 0.145. The van der Waals surface area contributed by atoms with Crippen molar-refractivity contribution < 1.29 is 4.79 Å². The molecule has 0 aliphatic rings. The molecule has 1 heterocycles. The second-order valence-corrected chi connectivity index (χ2v) is 8.12. The van der Waals surface area contributed by atoms with Crippen LogP contribution in [0.3, 0.4) is 0 Å².